The van der Waals surface area contributed by atoms with Gasteiger partial charge in [0.15, 0.2) is 0 Å². The highest BCUT2D eigenvalue weighted by Crippen LogP contribution is 2.27. The average Bonchev–Trinajstić information content (AvgIpc) is 2.47. The number of hydrogen-bond donors (Lipinski definition) is 4. The molecule has 0 bridgehead atoms. The fourth-order valence-electron chi connectivity index (χ4n) is 2.05. The maximum Gasteiger partial charge on any atom is 0.115 e. The van der Waals surface area contributed by atoms with E-state index in [0.717, 1.165) is 11.1 Å². The molecular weight excluding hydrogens is 256 g/mol. The summed E-state index contributed by atoms with van der Waals surface area (Å²) < 4.78 is 0. The van der Waals surface area contributed by atoms with Crippen LogP contribution in [0.25, 0.3) is 11.1 Å². The first kappa shape index (κ1) is 14.1. The van der Waals surface area contributed by atoms with E-state index in [0.29, 0.717) is 11.1 Å². The van der Waals surface area contributed by atoms with Crippen LogP contribution in [0.1, 0.15) is 11.1 Å². The lowest BCUT2D eigenvalue weighted by molar-refractivity contribution is 0.340. The topological polar surface area (TPSA) is 80.9 Å². The molecule has 2 aromatic rings. The fourth-order valence-corrected chi connectivity index (χ4v) is 2.05. The number of aliphatic hydroxyl groups excluding tert-OH is 2. The Balaban J connectivity index is 2.52. The van der Waals surface area contributed by atoms with E-state index >= 15 is 0 Å². The van der Waals surface area contributed by atoms with Gasteiger partial charge in [-0.3, -0.25) is 0 Å². The Labute approximate surface area is 116 Å². The number of rotatable bonds is 4. The van der Waals surface area contributed by atoms with Crippen molar-refractivity contribution in [3.05, 3.63) is 59.7 Å². The number of aromatic hydroxyl groups is 2. The summed E-state index contributed by atoms with van der Waals surface area (Å²) in [7, 11) is 0. The van der Waals surface area contributed by atoms with Crippen LogP contribution >= 0.6 is 0 Å². The molecule has 0 atom stereocenters. The van der Waals surface area contributed by atoms with Crippen LogP contribution in [0.4, 0.5) is 0 Å². The van der Waals surface area contributed by atoms with Gasteiger partial charge in [0.25, 0.3) is 0 Å². The summed E-state index contributed by atoms with van der Waals surface area (Å²) in [5.74, 6) is 0.280. The Morgan fingerprint density at radius 1 is 0.600 bits per heavy atom. The van der Waals surface area contributed by atoms with E-state index in [9.17, 15) is 20.4 Å². The third kappa shape index (κ3) is 2.99. The van der Waals surface area contributed by atoms with Crippen LogP contribution in [0.3, 0.4) is 0 Å². The van der Waals surface area contributed by atoms with Crippen molar-refractivity contribution in [2.24, 2.45) is 0 Å². The molecule has 2 aromatic carbocycles. The first-order valence-corrected chi connectivity index (χ1v) is 6.18. The van der Waals surface area contributed by atoms with E-state index < -0.39 is 0 Å². The molecule has 2 rings (SSSR count). The molecule has 0 amide bonds. The van der Waals surface area contributed by atoms with Crippen molar-refractivity contribution < 1.29 is 20.4 Å². The van der Waals surface area contributed by atoms with E-state index in [4.69, 9.17) is 0 Å². The maximum atomic E-state index is 9.59. The molecule has 4 nitrogen and oxygen atoms in total. The second-order valence-electron chi connectivity index (χ2n) is 4.37. The van der Waals surface area contributed by atoms with Gasteiger partial charge in [-0.1, -0.05) is 24.3 Å². The summed E-state index contributed by atoms with van der Waals surface area (Å²) in [4.78, 5) is 0. The van der Waals surface area contributed by atoms with Crippen molar-refractivity contribution in [3.63, 3.8) is 0 Å². The van der Waals surface area contributed by atoms with E-state index in [1.165, 1.54) is 24.3 Å². The van der Waals surface area contributed by atoms with Crippen molar-refractivity contribution in [1.82, 2.24) is 0 Å². The van der Waals surface area contributed by atoms with E-state index in [1.807, 2.05) is 0 Å². The Bertz CT molecular complexity index is 542. The van der Waals surface area contributed by atoms with Crippen LogP contribution in [0.5, 0.6) is 11.5 Å². The van der Waals surface area contributed by atoms with Crippen molar-refractivity contribution in [2.45, 2.75) is 0 Å². The zero-order valence-electron chi connectivity index (χ0n) is 10.8. The first-order valence-electron chi connectivity index (χ1n) is 6.18. The van der Waals surface area contributed by atoms with Gasteiger partial charge in [-0.2, -0.15) is 0 Å². The molecule has 4 N–H and O–H groups in total. The summed E-state index contributed by atoms with van der Waals surface area (Å²) in [6, 6.07) is 12.8. The van der Waals surface area contributed by atoms with Crippen LogP contribution in [0.15, 0.2) is 48.5 Å². The monoisotopic (exact) mass is 272 g/mol. The highest BCUT2D eigenvalue weighted by molar-refractivity contribution is 5.91. The molecule has 0 spiro atoms. The average molecular weight is 272 g/mol. The predicted octanol–water partition coefficient (Wildman–Crippen LogP) is 1.99. The molecule has 0 heterocycles. The zero-order valence-corrected chi connectivity index (χ0v) is 10.8. The summed E-state index contributed by atoms with van der Waals surface area (Å²) >= 11 is 0. The third-order valence-electron chi connectivity index (χ3n) is 3.11. The molecule has 0 aliphatic heterocycles. The zero-order chi connectivity index (χ0) is 14.5. The Morgan fingerprint density at radius 2 is 0.900 bits per heavy atom. The predicted molar refractivity (Wildman–Crippen MR) is 77.2 cm³/mol. The SMILES string of the molecule is OC/C(=C(/CO)c1ccc(O)cc1)c1ccc(O)cc1. The molecule has 0 aromatic heterocycles. The minimum Gasteiger partial charge on any atom is -0.508 e. The second-order valence-corrected chi connectivity index (χ2v) is 4.37. The summed E-state index contributed by atoms with van der Waals surface area (Å²) in [5, 5.41) is 37.8. The summed E-state index contributed by atoms with van der Waals surface area (Å²) in [5.41, 5.74) is 2.61. The molecule has 0 radical (unpaired) electrons. The second kappa shape index (κ2) is 6.23. The smallest absolute Gasteiger partial charge is 0.115 e. The van der Waals surface area contributed by atoms with Gasteiger partial charge < -0.3 is 20.4 Å². The van der Waals surface area contributed by atoms with Gasteiger partial charge in [-0.05, 0) is 46.5 Å². The molecule has 0 saturated carbocycles. The number of benzene rings is 2. The van der Waals surface area contributed by atoms with E-state index in [-0.39, 0.29) is 24.7 Å². The molecule has 104 valence electrons. The Kier molecular flexibility index (Phi) is 4.40. The highest BCUT2D eigenvalue weighted by Gasteiger charge is 2.10. The summed E-state index contributed by atoms with van der Waals surface area (Å²) in [6.45, 7) is -0.469. The van der Waals surface area contributed by atoms with Crippen LogP contribution < -0.4 is 0 Å². The number of phenols is 2. The molecule has 0 aliphatic carbocycles. The molecule has 20 heavy (non-hydrogen) atoms. The Hall–Kier alpha value is -2.30. The third-order valence-corrected chi connectivity index (χ3v) is 3.11. The molecule has 4 heteroatoms. The lowest BCUT2D eigenvalue weighted by atomic mass is 9.95. The molecule has 0 saturated heterocycles. The van der Waals surface area contributed by atoms with Crippen molar-refractivity contribution in [2.75, 3.05) is 13.2 Å². The van der Waals surface area contributed by atoms with Crippen LogP contribution in [-0.4, -0.2) is 33.6 Å². The van der Waals surface area contributed by atoms with Crippen LogP contribution in [-0.2, 0) is 0 Å². The van der Waals surface area contributed by atoms with Crippen LogP contribution in [0.2, 0.25) is 0 Å². The normalized spacial score (nSPS) is 12.1. The highest BCUT2D eigenvalue weighted by atomic mass is 16.3. The van der Waals surface area contributed by atoms with Gasteiger partial charge in [0.2, 0.25) is 0 Å². The minimum atomic E-state index is -0.235. The van der Waals surface area contributed by atoms with Crippen LogP contribution in [0, 0.1) is 0 Å². The minimum absolute atomic E-state index is 0.140. The number of aliphatic hydroxyl groups is 2. The maximum absolute atomic E-state index is 9.59. The van der Waals surface area contributed by atoms with Gasteiger partial charge in [0.05, 0.1) is 13.2 Å². The quantitative estimate of drug-likeness (QED) is 0.642. The first-order chi connectivity index (χ1) is 9.65. The van der Waals surface area contributed by atoms with E-state index in [2.05, 4.69) is 0 Å². The van der Waals surface area contributed by atoms with Crippen molar-refractivity contribution >= 4 is 11.1 Å². The van der Waals surface area contributed by atoms with Crippen molar-refractivity contribution in [3.8, 4) is 11.5 Å². The Morgan fingerprint density at radius 3 is 1.15 bits per heavy atom. The van der Waals surface area contributed by atoms with Gasteiger partial charge in [0.1, 0.15) is 11.5 Å². The van der Waals surface area contributed by atoms with Gasteiger partial charge in [0, 0.05) is 0 Å². The van der Waals surface area contributed by atoms with Gasteiger partial charge >= 0.3 is 0 Å². The number of hydrogen-bond acceptors (Lipinski definition) is 4. The molecule has 0 aliphatic rings. The van der Waals surface area contributed by atoms with E-state index in [1.54, 1.807) is 24.3 Å². The molecular formula is C16H16O4. The van der Waals surface area contributed by atoms with Gasteiger partial charge in [-0.25, -0.2) is 0 Å². The fraction of sp³-hybridized carbons (Fsp3) is 0.125. The largest absolute Gasteiger partial charge is 0.508 e. The standard InChI is InChI=1S/C16H16O4/c17-9-15(11-1-5-13(19)6-2-11)16(10-18)12-3-7-14(20)8-4-12/h1-8,17-20H,9-10H2/b16-15+. The summed E-state index contributed by atoms with van der Waals surface area (Å²) in [6.07, 6.45) is 0. The number of phenolic OH excluding ortho intramolecular Hbond substituents is 2. The lowest BCUT2D eigenvalue weighted by Crippen LogP contribution is -2.00. The van der Waals surface area contributed by atoms with Crippen molar-refractivity contribution in [1.29, 1.82) is 0 Å². The molecule has 0 fully saturated rings. The lowest BCUT2D eigenvalue weighted by Gasteiger charge is -2.13. The molecule has 0 unspecified atom stereocenters. The van der Waals surface area contributed by atoms with Gasteiger partial charge in [-0.15, -0.1) is 0 Å².